The zero-order valence-corrected chi connectivity index (χ0v) is 14.7. The smallest absolute Gasteiger partial charge is 0.171 e. The van der Waals surface area contributed by atoms with Crippen LogP contribution in [0.4, 0.5) is 5.69 Å². The maximum absolute atomic E-state index is 5.99. The Balaban J connectivity index is 2.08. The molecule has 2 N–H and O–H groups in total. The number of rotatable bonds is 4. The molecule has 0 aliphatic carbocycles. The molecule has 4 heteroatoms. The molecule has 2 rings (SSSR count). The maximum atomic E-state index is 5.99. The summed E-state index contributed by atoms with van der Waals surface area (Å²) in [5, 5.41) is 7.87. The average molecular weight is 333 g/mol. The van der Waals surface area contributed by atoms with E-state index < -0.39 is 0 Å². The van der Waals surface area contributed by atoms with E-state index in [1.54, 1.807) is 0 Å². The van der Waals surface area contributed by atoms with Crippen LogP contribution in [0.15, 0.2) is 42.5 Å². The first-order chi connectivity index (χ1) is 10.5. The predicted molar refractivity (Wildman–Crippen MR) is 99.8 cm³/mol. The minimum absolute atomic E-state index is 0.194. The van der Waals surface area contributed by atoms with E-state index in [9.17, 15) is 0 Å². The molecule has 0 fully saturated rings. The summed E-state index contributed by atoms with van der Waals surface area (Å²) in [4.78, 5) is 0. The molecule has 0 heterocycles. The highest BCUT2D eigenvalue weighted by Crippen LogP contribution is 2.22. The minimum Gasteiger partial charge on any atom is -0.356 e. The molecule has 2 nitrogen and oxygen atoms in total. The minimum atomic E-state index is 0.194. The Hall–Kier alpha value is -1.58. The molecule has 2 aromatic carbocycles. The first-order valence-electron chi connectivity index (χ1n) is 7.40. The molecule has 0 bridgehead atoms. The zero-order valence-electron chi connectivity index (χ0n) is 13.1. The largest absolute Gasteiger partial charge is 0.356 e. The Kier molecular flexibility index (Phi) is 5.81. The van der Waals surface area contributed by atoms with Crippen LogP contribution >= 0.6 is 23.8 Å². The Morgan fingerprint density at radius 3 is 2.59 bits per heavy atom. The molecular weight excluding hydrogens is 312 g/mol. The lowest BCUT2D eigenvalue weighted by molar-refractivity contribution is 0.625. The second-order valence-electron chi connectivity index (χ2n) is 5.43. The molecule has 0 saturated heterocycles. The van der Waals surface area contributed by atoms with Crippen molar-refractivity contribution >= 4 is 34.6 Å². The first kappa shape index (κ1) is 16.8. The van der Waals surface area contributed by atoms with Crippen molar-refractivity contribution in [1.82, 2.24) is 5.32 Å². The van der Waals surface area contributed by atoms with Gasteiger partial charge in [-0.3, -0.25) is 0 Å². The maximum Gasteiger partial charge on any atom is 0.171 e. The molecule has 0 aromatic heterocycles. The van der Waals surface area contributed by atoms with Crippen LogP contribution in [0.5, 0.6) is 0 Å². The van der Waals surface area contributed by atoms with E-state index in [1.807, 2.05) is 24.3 Å². The average Bonchev–Trinajstić information content (AvgIpc) is 2.45. The van der Waals surface area contributed by atoms with E-state index in [0.29, 0.717) is 10.1 Å². The van der Waals surface area contributed by atoms with Gasteiger partial charge in [0.2, 0.25) is 0 Å². The van der Waals surface area contributed by atoms with Crippen molar-refractivity contribution in [2.24, 2.45) is 0 Å². The number of thiocarbonyl (C=S) groups is 1. The van der Waals surface area contributed by atoms with Crippen molar-refractivity contribution in [3.05, 3.63) is 64.2 Å². The third-order valence-corrected chi connectivity index (χ3v) is 4.05. The van der Waals surface area contributed by atoms with Gasteiger partial charge >= 0.3 is 0 Å². The van der Waals surface area contributed by atoms with E-state index in [1.165, 1.54) is 16.7 Å². The van der Waals surface area contributed by atoms with Gasteiger partial charge in [0.05, 0.1) is 6.04 Å². The van der Waals surface area contributed by atoms with Gasteiger partial charge in [-0.1, -0.05) is 48.4 Å². The SMILES string of the molecule is CC[C@@H](NC(=S)Nc1cccc(Cl)c1)c1ccc(C)cc1C. The number of halogens is 1. The Labute approximate surface area is 142 Å². The van der Waals surface area contributed by atoms with Gasteiger partial charge in [-0.15, -0.1) is 0 Å². The second kappa shape index (κ2) is 7.61. The molecule has 0 aliphatic rings. The molecular formula is C18H21ClN2S. The van der Waals surface area contributed by atoms with Gasteiger partial charge in [0, 0.05) is 10.7 Å². The van der Waals surface area contributed by atoms with Gasteiger partial charge in [-0.05, 0) is 61.8 Å². The van der Waals surface area contributed by atoms with Crippen LogP contribution < -0.4 is 10.6 Å². The van der Waals surface area contributed by atoms with Crippen LogP contribution in [-0.4, -0.2) is 5.11 Å². The molecule has 0 spiro atoms. The summed E-state index contributed by atoms with van der Waals surface area (Å²) in [6.07, 6.45) is 0.960. The topological polar surface area (TPSA) is 24.1 Å². The summed E-state index contributed by atoms with van der Waals surface area (Å²) in [7, 11) is 0. The standard InChI is InChI=1S/C18H21ClN2S/c1-4-17(16-9-8-12(2)10-13(16)3)21-18(22)20-15-7-5-6-14(19)11-15/h5-11,17H,4H2,1-3H3,(H2,20,21,22)/t17-/m1/s1. The molecule has 0 amide bonds. The van der Waals surface area contributed by atoms with Crippen LogP contribution in [0.1, 0.15) is 36.1 Å². The van der Waals surface area contributed by atoms with Crippen LogP contribution in [0.25, 0.3) is 0 Å². The summed E-state index contributed by atoms with van der Waals surface area (Å²) in [5.74, 6) is 0. The van der Waals surface area contributed by atoms with Crippen molar-refractivity contribution in [2.75, 3.05) is 5.32 Å². The molecule has 0 saturated carbocycles. The third kappa shape index (κ3) is 4.46. The number of benzene rings is 2. The van der Waals surface area contributed by atoms with E-state index >= 15 is 0 Å². The van der Waals surface area contributed by atoms with E-state index in [2.05, 4.69) is 49.6 Å². The molecule has 1 atom stereocenters. The van der Waals surface area contributed by atoms with Crippen molar-refractivity contribution in [3.63, 3.8) is 0 Å². The Morgan fingerprint density at radius 1 is 1.18 bits per heavy atom. The van der Waals surface area contributed by atoms with Crippen LogP contribution in [-0.2, 0) is 0 Å². The van der Waals surface area contributed by atoms with Crippen LogP contribution in [0.2, 0.25) is 5.02 Å². The normalized spacial score (nSPS) is 11.8. The lowest BCUT2D eigenvalue weighted by Crippen LogP contribution is -2.32. The van der Waals surface area contributed by atoms with Crippen molar-refractivity contribution < 1.29 is 0 Å². The highest BCUT2D eigenvalue weighted by atomic mass is 35.5. The Bertz CT molecular complexity index is 670. The van der Waals surface area contributed by atoms with E-state index in [-0.39, 0.29) is 6.04 Å². The fraction of sp³-hybridized carbons (Fsp3) is 0.278. The van der Waals surface area contributed by atoms with E-state index in [0.717, 1.165) is 12.1 Å². The quantitative estimate of drug-likeness (QED) is 0.733. The van der Waals surface area contributed by atoms with Gasteiger partial charge in [0.25, 0.3) is 0 Å². The van der Waals surface area contributed by atoms with Gasteiger partial charge in [-0.25, -0.2) is 0 Å². The number of anilines is 1. The molecule has 2 aromatic rings. The van der Waals surface area contributed by atoms with Crippen molar-refractivity contribution in [2.45, 2.75) is 33.2 Å². The number of hydrogen-bond donors (Lipinski definition) is 2. The Morgan fingerprint density at radius 2 is 1.95 bits per heavy atom. The van der Waals surface area contributed by atoms with Gasteiger partial charge in [-0.2, -0.15) is 0 Å². The van der Waals surface area contributed by atoms with Gasteiger partial charge < -0.3 is 10.6 Å². The number of nitrogens with one attached hydrogen (secondary N) is 2. The van der Waals surface area contributed by atoms with Gasteiger partial charge in [0.15, 0.2) is 5.11 Å². The lowest BCUT2D eigenvalue weighted by atomic mass is 9.98. The van der Waals surface area contributed by atoms with Crippen molar-refractivity contribution in [3.8, 4) is 0 Å². The molecule has 116 valence electrons. The molecule has 22 heavy (non-hydrogen) atoms. The molecule has 0 unspecified atom stereocenters. The first-order valence-corrected chi connectivity index (χ1v) is 8.18. The monoisotopic (exact) mass is 332 g/mol. The summed E-state index contributed by atoms with van der Waals surface area (Å²) >= 11 is 11.4. The fourth-order valence-electron chi connectivity index (χ4n) is 2.51. The highest BCUT2D eigenvalue weighted by molar-refractivity contribution is 7.80. The molecule has 0 radical (unpaired) electrons. The number of aryl methyl sites for hydroxylation is 2. The fourth-order valence-corrected chi connectivity index (χ4v) is 2.96. The van der Waals surface area contributed by atoms with Crippen LogP contribution in [0, 0.1) is 13.8 Å². The van der Waals surface area contributed by atoms with Crippen LogP contribution in [0.3, 0.4) is 0 Å². The highest BCUT2D eigenvalue weighted by Gasteiger charge is 2.13. The summed E-state index contributed by atoms with van der Waals surface area (Å²) in [6, 6.07) is 14.2. The number of hydrogen-bond acceptors (Lipinski definition) is 1. The summed E-state index contributed by atoms with van der Waals surface area (Å²) in [6.45, 7) is 6.40. The third-order valence-electron chi connectivity index (χ3n) is 3.60. The van der Waals surface area contributed by atoms with Crippen molar-refractivity contribution in [1.29, 1.82) is 0 Å². The summed E-state index contributed by atoms with van der Waals surface area (Å²) < 4.78 is 0. The van der Waals surface area contributed by atoms with Gasteiger partial charge in [0.1, 0.15) is 0 Å². The molecule has 0 aliphatic heterocycles. The summed E-state index contributed by atoms with van der Waals surface area (Å²) in [5.41, 5.74) is 4.73. The van der Waals surface area contributed by atoms with E-state index in [4.69, 9.17) is 23.8 Å². The zero-order chi connectivity index (χ0) is 16.1. The predicted octanol–water partition coefficient (Wildman–Crippen LogP) is 5.39. The second-order valence-corrected chi connectivity index (χ2v) is 6.27. The lowest BCUT2D eigenvalue weighted by Gasteiger charge is -2.22.